The van der Waals surface area contributed by atoms with E-state index in [1.807, 2.05) is 4.68 Å². The van der Waals surface area contributed by atoms with Crippen molar-refractivity contribution in [2.24, 2.45) is 0 Å². The minimum atomic E-state index is 0.0410. The molecule has 110 valence electrons. The highest BCUT2D eigenvalue weighted by atomic mass is 35.5. The highest BCUT2D eigenvalue weighted by molar-refractivity contribution is 6.31. The van der Waals surface area contributed by atoms with E-state index in [1.165, 1.54) is 0 Å². The molecule has 6 heteroatoms. The van der Waals surface area contributed by atoms with Gasteiger partial charge in [-0.2, -0.15) is 5.10 Å². The zero-order valence-electron chi connectivity index (χ0n) is 12.1. The van der Waals surface area contributed by atoms with Crippen molar-refractivity contribution >= 4 is 11.6 Å². The number of ether oxygens (including phenoxy) is 2. The minimum absolute atomic E-state index is 0.0410. The van der Waals surface area contributed by atoms with Gasteiger partial charge in [0.25, 0.3) is 0 Å². The molecule has 0 radical (unpaired) electrons. The topological polar surface area (TPSA) is 48.3 Å². The molecule has 1 heterocycles. The van der Waals surface area contributed by atoms with Crippen LogP contribution in [0.15, 0.2) is 6.20 Å². The molecule has 0 spiro atoms. The summed E-state index contributed by atoms with van der Waals surface area (Å²) in [5.41, 5.74) is 0.982. The van der Waals surface area contributed by atoms with Crippen molar-refractivity contribution in [2.75, 3.05) is 33.5 Å². The van der Waals surface area contributed by atoms with E-state index in [-0.39, 0.29) is 12.1 Å². The molecule has 19 heavy (non-hydrogen) atoms. The SMILES string of the molecule is CCNC(COCCOC)c1c(Cl)cnn1C(C)C. The summed E-state index contributed by atoms with van der Waals surface area (Å²) in [5.74, 6) is 0. The third-order valence-corrected chi connectivity index (χ3v) is 3.06. The molecule has 1 aromatic rings. The molecule has 5 nitrogen and oxygen atoms in total. The number of nitrogens with one attached hydrogen (secondary N) is 1. The second-order valence-corrected chi connectivity index (χ2v) is 5.00. The molecule has 1 rings (SSSR count). The molecule has 1 unspecified atom stereocenters. The van der Waals surface area contributed by atoms with Crippen LogP contribution < -0.4 is 5.32 Å². The Kier molecular flexibility index (Phi) is 7.38. The smallest absolute Gasteiger partial charge is 0.0835 e. The van der Waals surface area contributed by atoms with Crippen molar-refractivity contribution in [1.29, 1.82) is 0 Å². The zero-order valence-corrected chi connectivity index (χ0v) is 12.9. The summed E-state index contributed by atoms with van der Waals surface area (Å²) < 4.78 is 12.5. The quantitative estimate of drug-likeness (QED) is 0.709. The third-order valence-electron chi connectivity index (χ3n) is 2.77. The third kappa shape index (κ3) is 4.76. The summed E-state index contributed by atoms with van der Waals surface area (Å²) in [4.78, 5) is 0. The van der Waals surface area contributed by atoms with E-state index in [4.69, 9.17) is 21.1 Å². The van der Waals surface area contributed by atoms with Crippen LogP contribution in [-0.4, -0.2) is 43.3 Å². The van der Waals surface area contributed by atoms with Crippen molar-refractivity contribution in [2.45, 2.75) is 32.9 Å². The first-order valence-electron chi connectivity index (χ1n) is 6.64. The number of rotatable bonds is 9. The number of aromatic nitrogens is 2. The summed E-state index contributed by atoms with van der Waals surface area (Å²) in [6.45, 7) is 8.80. The molecular formula is C13H24ClN3O2. The maximum absolute atomic E-state index is 6.26. The van der Waals surface area contributed by atoms with Gasteiger partial charge in [-0.25, -0.2) is 0 Å². The van der Waals surface area contributed by atoms with Crippen molar-refractivity contribution in [1.82, 2.24) is 15.1 Å². The molecule has 0 aromatic carbocycles. The van der Waals surface area contributed by atoms with Crippen molar-refractivity contribution in [3.63, 3.8) is 0 Å². The van der Waals surface area contributed by atoms with Crippen LogP contribution in [0.2, 0.25) is 5.02 Å². The Morgan fingerprint density at radius 1 is 1.42 bits per heavy atom. The Balaban J connectivity index is 2.77. The van der Waals surface area contributed by atoms with E-state index in [2.05, 4.69) is 31.2 Å². The maximum atomic E-state index is 6.26. The predicted octanol–water partition coefficient (Wildman–Crippen LogP) is 2.43. The Morgan fingerprint density at radius 2 is 2.16 bits per heavy atom. The number of likely N-dealkylation sites (N-methyl/N-ethyl adjacent to an activating group) is 1. The summed E-state index contributed by atoms with van der Waals surface area (Å²) in [7, 11) is 1.66. The molecule has 1 aromatic heterocycles. The second-order valence-electron chi connectivity index (χ2n) is 4.59. The average molecular weight is 290 g/mol. The number of methoxy groups -OCH3 is 1. The molecule has 1 atom stereocenters. The van der Waals surface area contributed by atoms with Gasteiger partial charge in [0.15, 0.2) is 0 Å². The van der Waals surface area contributed by atoms with Gasteiger partial charge < -0.3 is 14.8 Å². The normalized spacial score (nSPS) is 13.2. The summed E-state index contributed by atoms with van der Waals surface area (Å²) in [6, 6.07) is 0.307. The van der Waals surface area contributed by atoms with Crippen molar-refractivity contribution in [3.05, 3.63) is 16.9 Å². The number of hydrogen-bond acceptors (Lipinski definition) is 4. The molecule has 1 N–H and O–H groups in total. The molecule has 0 aliphatic carbocycles. The fourth-order valence-electron chi connectivity index (χ4n) is 1.91. The first kappa shape index (κ1) is 16.4. The fourth-order valence-corrected chi connectivity index (χ4v) is 2.17. The standard InChI is InChI=1S/C13H24ClN3O2/c1-5-15-12(9-19-7-6-18-4)13-11(14)8-16-17(13)10(2)3/h8,10,12,15H,5-7,9H2,1-4H3. The second kappa shape index (κ2) is 8.53. The van der Waals surface area contributed by atoms with Crippen LogP contribution in [0, 0.1) is 0 Å². The summed E-state index contributed by atoms with van der Waals surface area (Å²) >= 11 is 6.26. The number of hydrogen-bond donors (Lipinski definition) is 1. The van der Waals surface area contributed by atoms with Gasteiger partial charge >= 0.3 is 0 Å². The predicted molar refractivity (Wildman–Crippen MR) is 76.7 cm³/mol. The van der Waals surface area contributed by atoms with E-state index in [0.29, 0.717) is 24.8 Å². The Morgan fingerprint density at radius 3 is 2.74 bits per heavy atom. The van der Waals surface area contributed by atoms with Gasteiger partial charge in [0.05, 0.1) is 42.8 Å². The lowest BCUT2D eigenvalue weighted by molar-refractivity contribution is 0.0574. The molecule has 0 bridgehead atoms. The molecular weight excluding hydrogens is 266 g/mol. The monoisotopic (exact) mass is 289 g/mol. The first-order chi connectivity index (χ1) is 9.11. The molecule has 0 amide bonds. The fraction of sp³-hybridized carbons (Fsp3) is 0.769. The highest BCUT2D eigenvalue weighted by Crippen LogP contribution is 2.25. The molecule has 0 saturated heterocycles. The van der Waals surface area contributed by atoms with Gasteiger partial charge in [-0.05, 0) is 20.4 Å². The lowest BCUT2D eigenvalue weighted by Crippen LogP contribution is -2.29. The lowest BCUT2D eigenvalue weighted by Gasteiger charge is -2.21. The first-order valence-corrected chi connectivity index (χ1v) is 7.02. The summed E-state index contributed by atoms with van der Waals surface area (Å²) in [6.07, 6.45) is 1.69. The van der Waals surface area contributed by atoms with E-state index in [0.717, 1.165) is 12.2 Å². The van der Waals surface area contributed by atoms with Crippen molar-refractivity contribution < 1.29 is 9.47 Å². The van der Waals surface area contributed by atoms with Crippen LogP contribution in [0.1, 0.15) is 38.5 Å². The summed E-state index contributed by atoms with van der Waals surface area (Å²) in [5, 5.41) is 8.39. The van der Waals surface area contributed by atoms with Crippen LogP contribution in [0.5, 0.6) is 0 Å². The number of halogens is 1. The Bertz CT molecular complexity index is 369. The number of nitrogens with zero attached hydrogens (tertiary/aromatic N) is 2. The van der Waals surface area contributed by atoms with Crippen LogP contribution in [0.4, 0.5) is 0 Å². The molecule has 0 aliphatic rings. The van der Waals surface area contributed by atoms with E-state index < -0.39 is 0 Å². The molecule has 0 saturated carbocycles. The van der Waals surface area contributed by atoms with Crippen LogP contribution in [0.3, 0.4) is 0 Å². The van der Waals surface area contributed by atoms with Gasteiger partial charge in [0.2, 0.25) is 0 Å². The maximum Gasteiger partial charge on any atom is 0.0835 e. The largest absolute Gasteiger partial charge is 0.382 e. The average Bonchev–Trinajstić information content (AvgIpc) is 2.75. The molecule has 0 fully saturated rings. The van der Waals surface area contributed by atoms with Crippen molar-refractivity contribution in [3.8, 4) is 0 Å². The van der Waals surface area contributed by atoms with E-state index in [9.17, 15) is 0 Å². The Labute approximate surface area is 120 Å². The van der Waals surface area contributed by atoms with Gasteiger partial charge in [0, 0.05) is 13.2 Å². The van der Waals surface area contributed by atoms with Gasteiger partial charge in [-0.3, -0.25) is 4.68 Å². The van der Waals surface area contributed by atoms with Gasteiger partial charge in [-0.15, -0.1) is 0 Å². The lowest BCUT2D eigenvalue weighted by atomic mass is 10.2. The van der Waals surface area contributed by atoms with E-state index in [1.54, 1.807) is 13.3 Å². The van der Waals surface area contributed by atoms with E-state index >= 15 is 0 Å². The van der Waals surface area contributed by atoms with Crippen LogP contribution in [0.25, 0.3) is 0 Å². The Hall–Kier alpha value is -0.620. The zero-order chi connectivity index (χ0) is 14.3. The van der Waals surface area contributed by atoms with Crippen LogP contribution >= 0.6 is 11.6 Å². The van der Waals surface area contributed by atoms with Gasteiger partial charge in [-0.1, -0.05) is 18.5 Å². The van der Waals surface area contributed by atoms with Gasteiger partial charge in [0.1, 0.15) is 0 Å². The molecule has 0 aliphatic heterocycles. The minimum Gasteiger partial charge on any atom is -0.382 e. The highest BCUT2D eigenvalue weighted by Gasteiger charge is 2.21. The van der Waals surface area contributed by atoms with Crippen LogP contribution in [-0.2, 0) is 9.47 Å².